The second-order valence-corrected chi connectivity index (χ2v) is 4.70. The molecule has 0 aromatic heterocycles. The normalized spacial score (nSPS) is 39.1. The Bertz CT molecular complexity index is 355. The van der Waals surface area contributed by atoms with E-state index in [-0.39, 0.29) is 6.42 Å². The van der Waals surface area contributed by atoms with Crippen LogP contribution in [0.5, 0.6) is 0 Å². The molecule has 14 heavy (non-hydrogen) atoms. The molecule has 76 valence electrons. The van der Waals surface area contributed by atoms with Gasteiger partial charge in [0.2, 0.25) is 11.6 Å². The number of aliphatic carboxylic acids is 1. The van der Waals surface area contributed by atoms with Gasteiger partial charge in [-0.2, -0.15) is 0 Å². The van der Waals surface area contributed by atoms with E-state index in [1.165, 1.54) is 0 Å². The Balaban J connectivity index is 2.65. The Kier molecular flexibility index (Phi) is 1.50. The van der Waals surface area contributed by atoms with Gasteiger partial charge in [0.15, 0.2) is 0 Å². The van der Waals surface area contributed by atoms with Crippen molar-refractivity contribution in [3.63, 3.8) is 0 Å². The molecule has 2 bridgehead atoms. The summed E-state index contributed by atoms with van der Waals surface area (Å²) < 4.78 is 0. The Morgan fingerprint density at radius 3 is 2.29 bits per heavy atom. The number of hydrogen-bond acceptors (Lipinski definition) is 4. The number of Topliss-reactive ketones (excluding diaryl/α,β-unsaturated/α-hetero) is 2. The molecule has 2 aliphatic rings. The smallest absolute Gasteiger partial charge is 0.210 e. The SMILES string of the molecule is CC1(C)C2CCC1(C(=O)[O-])C(=O)C2=O. The quantitative estimate of drug-likeness (QED) is 0.410. The fourth-order valence-corrected chi connectivity index (χ4v) is 3.03. The van der Waals surface area contributed by atoms with E-state index < -0.39 is 34.3 Å². The number of hydrogen-bond donors (Lipinski definition) is 0. The molecule has 2 unspecified atom stereocenters. The van der Waals surface area contributed by atoms with Crippen LogP contribution >= 0.6 is 0 Å². The highest BCUT2D eigenvalue weighted by atomic mass is 16.4. The van der Waals surface area contributed by atoms with Crippen molar-refractivity contribution >= 4 is 17.5 Å². The van der Waals surface area contributed by atoms with Crippen LogP contribution in [0.4, 0.5) is 0 Å². The summed E-state index contributed by atoms with van der Waals surface area (Å²) in [7, 11) is 0. The maximum Gasteiger partial charge on any atom is 0.210 e. The van der Waals surface area contributed by atoms with Crippen molar-refractivity contribution in [2.45, 2.75) is 26.7 Å². The van der Waals surface area contributed by atoms with Crippen LogP contribution in [0.2, 0.25) is 0 Å². The van der Waals surface area contributed by atoms with Crippen LogP contribution in [0.1, 0.15) is 26.7 Å². The lowest BCUT2D eigenvalue weighted by molar-refractivity contribution is -0.320. The minimum absolute atomic E-state index is 0.248. The van der Waals surface area contributed by atoms with Gasteiger partial charge in [-0.3, -0.25) is 9.59 Å². The van der Waals surface area contributed by atoms with Gasteiger partial charge in [-0.05, 0) is 18.3 Å². The number of ketones is 2. The fourth-order valence-electron chi connectivity index (χ4n) is 3.03. The van der Waals surface area contributed by atoms with Crippen molar-refractivity contribution in [3.8, 4) is 0 Å². The van der Waals surface area contributed by atoms with Crippen LogP contribution in [-0.2, 0) is 14.4 Å². The monoisotopic (exact) mass is 195 g/mol. The molecule has 0 heterocycles. The maximum absolute atomic E-state index is 11.6. The molecule has 0 N–H and O–H groups in total. The van der Waals surface area contributed by atoms with Gasteiger partial charge in [0.05, 0.1) is 11.4 Å². The van der Waals surface area contributed by atoms with E-state index in [4.69, 9.17) is 0 Å². The standard InChI is InChI=1S/C10H12O4/c1-9(2)5-3-4-10(9,8(13)14)7(12)6(5)11/h5H,3-4H2,1-2H3,(H,13,14)/p-1. The fraction of sp³-hybridized carbons (Fsp3) is 0.700. The largest absolute Gasteiger partial charge is 0.549 e. The summed E-state index contributed by atoms with van der Waals surface area (Å²) >= 11 is 0. The van der Waals surface area contributed by atoms with Crippen LogP contribution < -0.4 is 5.11 Å². The molecular weight excluding hydrogens is 184 g/mol. The summed E-state index contributed by atoms with van der Waals surface area (Å²) in [4.78, 5) is 34.1. The van der Waals surface area contributed by atoms with Gasteiger partial charge < -0.3 is 9.90 Å². The molecule has 4 nitrogen and oxygen atoms in total. The first-order valence-corrected chi connectivity index (χ1v) is 4.66. The minimum Gasteiger partial charge on any atom is -0.549 e. The predicted octanol–water partition coefficient (Wildman–Crippen LogP) is -0.689. The lowest BCUT2D eigenvalue weighted by Crippen LogP contribution is -2.51. The summed E-state index contributed by atoms with van der Waals surface area (Å²) in [5.74, 6) is -3.09. The average Bonchev–Trinajstić information content (AvgIpc) is 2.41. The number of carbonyl (C=O) groups excluding carboxylic acids is 3. The zero-order chi connectivity index (χ0) is 10.7. The van der Waals surface area contributed by atoms with Gasteiger partial charge in [0.1, 0.15) is 0 Å². The van der Waals surface area contributed by atoms with E-state index in [1.54, 1.807) is 13.8 Å². The minimum atomic E-state index is -1.55. The Hall–Kier alpha value is -1.19. The molecule has 0 aromatic rings. The zero-order valence-electron chi connectivity index (χ0n) is 8.12. The van der Waals surface area contributed by atoms with E-state index in [0.29, 0.717) is 6.42 Å². The van der Waals surface area contributed by atoms with Crippen LogP contribution in [0, 0.1) is 16.7 Å². The lowest BCUT2D eigenvalue weighted by Gasteiger charge is -2.36. The van der Waals surface area contributed by atoms with Gasteiger partial charge in [0, 0.05) is 5.92 Å². The molecule has 0 aliphatic heterocycles. The first-order valence-electron chi connectivity index (χ1n) is 4.66. The van der Waals surface area contributed by atoms with E-state index in [1.807, 2.05) is 0 Å². The second kappa shape index (κ2) is 2.24. The molecule has 2 saturated carbocycles. The molecular formula is C10H11O4-. The summed E-state index contributed by atoms with van der Waals surface area (Å²) in [5.41, 5.74) is -2.32. The molecule has 4 heteroatoms. The van der Waals surface area contributed by atoms with Crippen LogP contribution in [-0.4, -0.2) is 17.5 Å². The van der Waals surface area contributed by atoms with Gasteiger partial charge in [-0.1, -0.05) is 13.8 Å². The highest BCUT2D eigenvalue weighted by Crippen LogP contribution is 2.62. The number of carboxylic acids is 1. The molecule has 0 saturated heterocycles. The van der Waals surface area contributed by atoms with Crippen molar-refractivity contribution in [1.82, 2.24) is 0 Å². The average molecular weight is 195 g/mol. The molecule has 0 radical (unpaired) electrons. The van der Waals surface area contributed by atoms with Gasteiger partial charge in [0.25, 0.3) is 0 Å². The predicted molar refractivity (Wildman–Crippen MR) is 44.0 cm³/mol. The highest BCUT2D eigenvalue weighted by Gasteiger charge is 2.69. The number of carboxylic acid groups (broad SMARTS) is 1. The summed E-state index contributed by atoms with van der Waals surface area (Å²) in [5, 5.41) is 11.1. The molecule has 2 atom stereocenters. The van der Waals surface area contributed by atoms with Crippen LogP contribution in [0.15, 0.2) is 0 Å². The number of carbonyl (C=O) groups is 3. The van der Waals surface area contributed by atoms with Gasteiger partial charge in [-0.25, -0.2) is 0 Å². The molecule has 2 rings (SSSR count). The molecule has 2 aliphatic carbocycles. The van der Waals surface area contributed by atoms with Crippen molar-refractivity contribution in [2.75, 3.05) is 0 Å². The van der Waals surface area contributed by atoms with Gasteiger partial charge in [-0.15, -0.1) is 0 Å². The van der Waals surface area contributed by atoms with E-state index >= 15 is 0 Å². The van der Waals surface area contributed by atoms with Crippen molar-refractivity contribution in [1.29, 1.82) is 0 Å². The molecule has 0 amide bonds. The summed E-state index contributed by atoms with van der Waals surface area (Å²) in [6, 6.07) is 0. The zero-order valence-corrected chi connectivity index (χ0v) is 8.12. The van der Waals surface area contributed by atoms with E-state index in [9.17, 15) is 19.5 Å². The molecule has 2 fully saturated rings. The highest BCUT2D eigenvalue weighted by molar-refractivity contribution is 6.46. The Morgan fingerprint density at radius 2 is 2.00 bits per heavy atom. The molecule has 0 spiro atoms. The number of rotatable bonds is 1. The lowest BCUT2D eigenvalue weighted by atomic mass is 9.69. The van der Waals surface area contributed by atoms with Crippen molar-refractivity contribution in [3.05, 3.63) is 0 Å². The summed E-state index contributed by atoms with van der Waals surface area (Å²) in [6.07, 6.45) is 0.739. The van der Waals surface area contributed by atoms with E-state index in [2.05, 4.69) is 0 Å². The number of fused-ring (bicyclic) bond motifs is 2. The Morgan fingerprint density at radius 1 is 1.43 bits per heavy atom. The Labute approximate surface area is 81.3 Å². The van der Waals surface area contributed by atoms with Crippen molar-refractivity contribution in [2.24, 2.45) is 16.7 Å². The van der Waals surface area contributed by atoms with Crippen LogP contribution in [0.25, 0.3) is 0 Å². The van der Waals surface area contributed by atoms with E-state index in [0.717, 1.165) is 0 Å². The third kappa shape index (κ3) is 0.656. The first kappa shape index (κ1) is 9.37. The topological polar surface area (TPSA) is 74.3 Å². The van der Waals surface area contributed by atoms with Gasteiger partial charge >= 0.3 is 0 Å². The summed E-state index contributed by atoms with van der Waals surface area (Å²) in [6.45, 7) is 3.34. The third-order valence-electron chi connectivity index (χ3n) is 4.06. The first-order chi connectivity index (χ1) is 6.35. The second-order valence-electron chi connectivity index (χ2n) is 4.70. The molecule has 0 aromatic carbocycles. The third-order valence-corrected chi connectivity index (χ3v) is 4.06. The maximum atomic E-state index is 11.6. The van der Waals surface area contributed by atoms with Crippen LogP contribution in [0.3, 0.4) is 0 Å². The van der Waals surface area contributed by atoms with Crippen molar-refractivity contribution < 1.29 is 19.5 Å².